The molecule has 1 saturated heterocycles. The zero-order valence-electron chi connectivity index (χ0n) is 15.7. The van der Waals surface area contributed by atoms with E-state index in [1.165, 1.54) is 25.8 Å². The van der Waals surface area contributed by atoms with Gasteiger partial charge in [-0.15, -0.1) is 0 Å². The number of carbonyl (C=O) groups is 1. The van der Waals surface area contributed by atoms with Gasteiger partial charge in [0.1, 0.15) is 5.82 Å². The van der Waals surface area contributed by atoms with Gasteiger partial charge in [0.05, 0.1) is 12.2 Å². The molecule has 1 fully saturated rings. The highest BCUT2D eigenvalue weighted by atomic mass is 16.1. The van der Waals surface area contributed by atoms with E-state index in [9.17, 15) is 4.79 Å². The molecule has 0 bridgehead atoms. The summed E-state index contributed by atoms with van der Waals surface area (Å²) in [5.41, 5.74) is 0. The van der Waals surface area contributed by atoms with Gasteiger partial charge in [0.2, 0.25) is 5.91 Å². The molecular formula is C20H32N4O. The Hall–Kier alpha value is -1.62. The van der Waals surface area contributed by atoms with Crippen molar-refractivity contribution in [1.82, 2.24) is 14.7 Å². The monoisotopic (exact) mass is 344 g/mol. The Labute approximate surface area is 151 Å². The topological polar surface area (TPSA) is 50.2 Å². The predicted octanol–water partition coefficient (Wildman–Crippen LogP) is 3.86. The van der Waals surface area contributed by atoms with E-state index >= 15 is 0 Å². The zero-order valence-corrected chi connectivity index (χ0v) is 15.7. The van der Waals surface area contributed by atoms with E-state index in [0.717, 1.165) is 37.7 Å². The standard InChI is InChI=1S/C20H32N4O/c1-16(2)14-20(25)22-19-8-11-21-24(19)18-9-12-23(13-10-18)15-17-6-4-3-5-7-17/h3-4,8,11,16-18H,5-7,9-10,12-15H2,1-2H3,(H,22,25)/t17-/m0/s1. The van der Waals surface area contributed by atoms with E-state index in [1.807, 2.05) is 10.7 Å². The summed E-state index contributed by atoms with van der Waals surface area (Å²) in [7, 11) is 0. The highest BCUT2D eigenvalue weighted by Gasteiger charge is 2.25. The third-order valence-corrected chi connectivity index (χ3v) is 5.33. The van der Waals surface area contributed by atoms with Crippen molar-refractivity contribution in [3.05, 3.63) is 24.4 Å². The van der Waals surface area contributed by atoms with Gasteiger partial charge in [0.25, 0.3) is 0 Å². The molecule has 1 aliphatic carbocycles. The van der Waals surface area contributed by atoms with E-state index < -0.39 is 0 Å². The van der Waals surface area contributed by atoms with Crippen LogP contribution in [0.5, 0.6) is 0 Å². The van der Waals surface area contributed by atoms with Crippen LogP contribution >= 0.6 is 0 Å². The van der Waals surface area contributed by atoms with Gasteiger partial charge in [-0.1, -0.05) is 26.0 Å². The third kappa shape index (κ3) is 5.18. The van der Waals surface area contributed by atoms with Crippen molar-refractivity contribution in [1.29, 1.82) is 0 Å². The first-order chi connectivity index (χ1) is 12.1. The first-order valence-electron chi connectivity index (χ1n) is 9.82. The Morgan fingerprint density at radius 3 is 2.76 bits per heavy atom. The lowest BCUT2D eigenvalue weighted by atomic mass is 9.93. The minimum absolute atomic E-state index is 0.0829. The Bertz CT molecular complexity index is 584. The van der Waals surface area contributed by atoms with E-state index in [1.54, 1.807) is 6.20 Å². The number of aromatic nitrogens is 2. The quantitative estimate of drug-likeness (QED) is 0.797. The molecule has 1 N–H and O–H groups in total. The number of hydrogen-bond acceptors (Lipinski definition) is 3. The molecule has 0 spiro atoms. The van der Waals surface area contributed by atoms with Crippen LogP contribution < -0.4 is 5.32 Å². The van der Waals surface area contributed by atoms with Crippen molar-refractivity contribution in [3.63, 3.8) is 0 Å². The molecule has 1 amide bonds. The third-order valence-electron chi connectivity index (χ3n) is 5.33. The van der Waals surface area contributed by atoms with Crippen molar-refractivity contribution in [2.24, 2.45) is 11.8 Å². The molecule has 5 heteroatoms. The van der Waals surface area contributed by atoms with Crippen LogP contribution in [0.2, 0.25) is 0 Å². The van der Waals surface area contributed by atoms with Crippen LogP contribution in [0.15, 0.2) is 24.4 Å². The van der Waals surface area contributed by atoms with Crippen LogP contribution in [-0.2, 0) is 4.79 Å². The number of nitrogens with one attached hydrogen (secondary N) is 1. The number of hydrogen-bond donors (Lipinski definition) is 1. The maximum absolute atomic E-state index is 12.1. The SMILES string of the molecule is CC(C)CC(=O)Nc1ccnn1C1CCN(C[C@H]2CC=CCC2)CC1. The summed E-state index contributed by atoms with van der Waals surface area (Å²) in [4.78, 5) is 14.7. The molecule has 0 unspecified atom stereocenters. The highest BCUT2D eigenvalue weighted by molar-refractivity contribution is 5.89. The molecule has 1 aliphatic heterocycles. The summed E-state index contributed by atoms with van der Waals surface area (Å²) in [6.45, 7) is 7.62. The van der Waals surface area contributed by atoms with Crippen LogP contribution in [0.25, 0.3) is 0 Å². The Morgan fingerprint density at radius 2 is 2.08 bits per heavy atom. The molecule has 5 nitrogen and oxygen atoms in total. The fourth-order valence-electron chi connectivity index (χ4n) is 4.00. The predicted molar refractivity (Wildman–Crippen MR) is 102 cm³/mol. The number of rotatable bonds is 6. The molecule has 3 rings (SSSR count). The van der Waals surface area contributed by atoms with Crippen molar-refractivity contribution in [3.8, 4) is 0 Å². The van der Waals surface area contributed by atoms with E-state index in [4.69, 9.17) is 0 Å². The summed E-state index contributed by atoms with van der Waals surface area (Å²) in [5, 5.41) is 7.52. The molecule has 25 heavy (non-hydrogen) atoms. The van der Waals surface area contributed by atoms with Crippen LogP contribution in [-0.4, -0.2) is 40.2 Å². The fourth-order valence-corrected chi connectivity index (χ4v) is 4.00. The number of carbonyl (C=O) groups excluding carboxylic acids is 1. The van der Waals surface area contributed by atoms with Gasteiger partial charge >= 0.3 is 0 Å². The van der Waals surface area contributed by atoms with Crippen molar-refractivity contribution < 1.29 is 4.79 Å². The molecule has 1 aromatic rings. The van der Waals surface area contributed by atoms with E-state index in [0.29, 0.717) is 18.4 Å². The van der Waals surface area contributed by atoms with Crippen LogP contribution in [0, 0.1) is 11.8 Å². The molecule has 2 aliphatic rings. The summed E-state index contributed by atoms with van der Waals surface area (Å²) < 4.78 is 2.03. The lowest BCUT2D eigenvalue weighted by Crippen LogP contribution is -2.38. The van der Waals surface area contributed by atoms with E-state index in [2.05, 4.69) is 41.3 Å². The highest BCUT2D eigenvalue weighted by Crippen LogP contribution is 2.27. The minimum Gasteiger partial charge on any atom is -0.311 e. The number of nitrogens with zero attached hydrogens (tertiary/aromatic N) is 3. The Balaban J connectivity index is 1.50. The number of allylic oxidation sites excluding steroid dienone is 2. The van der Waals surface area contributed by atoms with Crippen LogP contribution in [0.4, 0.5) is 5.82 Å². The van der Waals surface area contributed by atoms with Crippen molar-refractivity contribution in [2.45, 2.75) is 58.4 Å². The van der Waals surface area contributed by atoms with Gasteiger partial charge in [-0.25, -0.2) is 4.68 Å². The maximum atomic E-state index is 12.1. The molecule has 2 heterocycles. The zero-order chi connectivity index (χ0) is 17.6. The molecule has 0 aromatic carbocycles. The maximum Gasteiger partial charge on any atom is 0.225 e. The smallest absolute Gasteiger partial charge is 0.225 e. The lowest BCUT2D eigenvalue weighted by molar-refractivity contribution is -0.116. The van der Waals surface area contributed by atoms with Crippen LogP contribution in [0.1, 0.15) is 58.4 Å². The molecular weight excluding hydrogens is 312 g/mol. The van der Waals surface area contributed by atoms with Gasteiger partial charge in [-0.05, 0) is 43.9 Å². The molecule has 0 saturated carbocycles. The summed E-state index contributed by atoms with van der Waals surface area (Å²) >= 11 is 0. The first kappa shape index (κ1) is 18.2. The van der Waals surface area contributed by atoms with Crippen molar-refractivity contribution in [2.75, 3.05) is 25.0 Å². The number of piperidine rings is 1. The second-order valence-electron chi connectivity index (χ2n) is 7.99. The van der Waals surface area contributed by atoms with Gasteiger partial charge in [-0.3, -0.25) is 4.79 Å². The Morgan fingerprint density at radius 1 is 1.28 bits per heavy atom. The van der Waals surface area contributed by atoms with Gasteiger partial charge in [0.15, 0.2) is 0 Å². The van der Waals surface area contributed by atoms with Gasteiger partial charge in [-0.2, -0.15) is 5.10 Å². The summed E-state index contributed by atoms with van der Waals surface area (Å²) in [5.74, 6) is 2.13. The number of likely N-dealkylation sites (tertiary alicyclic amines) is 1. The summed E-state index contributed by atoms with van der Waals surface area (Å²) in [6, 6.07) is 2.31. The number of anilines is 1. The fraction of sp³-hybridized carbons (Fsp3) is 0.700. The summed E-state index contributed by atoms with van der Waals surface area (Å²) in [6.07, 6.45) is 13.0. The van der Waals surface area contributed by atoms with Gasteiger partial charge < -0.3 is 10.2 Å². The first-order valence-corrected chi connectivity index (χ1v) is 9.82. The van der Waals surface area contributed by atoms with E-state index in [-0.39, 0.29) is 5.91 Å². The molecule has 0 radical (unpaired) electrons. The average Bonchev–Trinajstić information content (AvgIpc) is 3.04. The molecule has 1 atom stereocenters. The minimum atomic E-state index is 0.0829. The van der Waals surface area contributed by atoms with Crippen molar-refractivity contribution >= 4 is 11.7 Å². The molecule has 1 aromatic heterocycles. The largest absolute Gasteiger partial charge is 0.311 e. The number of amides is 1. The van der Waals surface area contributed by atoms with Crippen LogP contribution in [0.3, 0.4) is 0 Å². The second kappa shape index (κ2) is 8.65. The lowest BCUT2D eigenvalue weighted by Gasteiger charge is -2.35. The normalized spacial score (nSPS) is 22.4. The average molecular weight is 345 g/mol. The Kier molecular flexibility index (Phi) is 6.29. The molecule has 138 valence electrons. The second-order valence-corrected chi connectivity index (χ2v) is 7.99. The van der Waals surface area contributed by atoms with Gasteiger partial charge in [0, 0.05) is 32.1 Å².